The normalized spacial score (nSPS) is 10.8. The van der Waals surface area contributed by atoms with Crippen LogP contribution in [0, 0.1) is 5.41 Å². The number of hydrogen-bond donors (Lipinski definition) is 2. The molecule has 2 N–H and O–H groups in total. The van der Waals surface area contributed by atoms with Crippen LogP contribution in [-0.4, -0.2) is 37.2 Å². The number of amides is 1. The number of carbonyl (C=O) groups is 2. The predicted molar refractivity (Wildman–Crippen MR) is 72.9 cm³/mol. The van der Waals surface area contributed by atoms with Gasteiger partial charge in [0.25, 0.3) is 5.91 Å². The van der Waals surface area contributed by atoms with Crippen LogP contribution in [0.15, 0.2) is 24.3 Å². The summed E-state index contributed by atoms with van der Waals surface area (Å²) in [7, 11) is 1.51. The van der Waals surface area contributed by atoms with Crippen molar-refractivity contribution in [3.8, 4) is 11.5 Å². The summed E-state index contributed by atoms with van der Waals surface area (Å²) >= 11 is 0. The van der Waals surface area contributed by atoms with E-state index in [1.165, 1.54) is 21.0 Å². The lowest BCUT2D eigenvalue weighted by atomic mass is 9.94. The van der Waals surface area contributed by atoms with E-state index in [-0.39, 0.29) is 19.1 Å². The molecule has 6 nitrogen and oxygen atoms in total. The number of hydrogen-bond acceptors (Lipinski definition) is 4. The Morgan fingerprint density at radius 2 is 1.85 bits per heavy atom. The summed E-state index contributed by atoms with van der Waals surface area (Å²) in [6.07, 6.45) is 0. The molecule has 0 bridgehead atoms. The average molecular weight is 281 g/mol. The minimum Gasteiger partial charge on any atom is -0.493 e. The van der Waals surface area contributed by atoms with Crippen LogP contribution in [0.3, 0.4) is 0 Å². The number of carboxylic acids is 1. The first-order chi connectivity index (χ1) is 9.36. The molecule has 6 heteroatoms. The molecule has 0 saturated carbocycles. The highest BCUT2D eigenvalue weighted by Gasteiger charge is 2.27. The molecular formula is C14H19NO5. The smallest absolute Gasteiger partial charge is 0.310 e. The van der Waals surface area contributed by atoms with Gasteiger partial charge in [0.15, 0.2) is 18.1 Å². The average Bonchev–Trinajstić information content (AvgIpc) is 2.43. The Labute approximate surface area is 117 Å². The zero-order valence-electron chi connectivity index (χ0n) is 11.8. The molecule has 0 aliphatic carbocycles. The van der Waals surface area contributed by atoms with Crippen LogP contribution in [0.2, 0.25) is 0 Å². The number of carbonyl (C=O) groups excluding carboxylic acids is 1. The monoisotopic (exact) mass is 281 g/mol. The second-order valence-corrected chi connectivity index (χ2v) is 4.91. The van der Waals surface area contributed by atoms with Crippen molar-refractivity contribution < 1.29 is 24.2 Å². The lowest BCUT2D eigenvalue weighted by Crippen LogP contribution is -2.40. The molecule has 0 unspecified atom stereocenters. The van der Waals surface area contributed by atoms with Crippen molar-refractivity contribution in [3.05, 3.63) is 24.3 Å². The summed E-state index contributed by atoms with van der Waals surface area (Å²) in [6, 6.07) is 6.97. The highest BCUT2D eigenvalue weighted by Crippen LogP contribution is 2.25. The molecular weight excluding hydrogens is 262 g/mol. The van der Waals surface area contributed by atoms with Gasteiger partial charge in [-0.1, -0.05) is 12.1 Å². The van der Waals surface area contributed by atoms with E-state index >= 15 is 0 Å². The van der Waals surface area contributed by atoms with Gasteiger partial charge in [-0.2, -0.15) is 0 Å². The molecule has 1 aromatic carbocycles. The number of carboxylic acid groups (broad SMARTS) is 1. The van der Waals surface area contributed by atoms with Gasteiger partial charge in [0.2, 0.25) is 0 Å². The fourth-order valence-corrected chi connectivity index (χ4v) is 1.33. The van der Waals surface area contributed by atoms with E-state index in [0.29, 0.717) is 11.5 Å². The topological polar surface area (TPSA) is 84.9 Å². The summed E-state index contributed by atoms with van der Waals surface area (Å²) in [6.45, 7) is 2.92. The first-order valence-electron chi connectivity index (χ1n) is 6.13. The third-order valence-corrected chi connectivity index (χ3v) is 2.73. The molecule has 20 heavy (non-hydrogen) atoms. The molecule has 0 fully saturated rings. The van der Waals surface area contributed by atoms with Crippen LogP contribution >= 0.6 is 0 Å². The highest BCUT2D eigenvalue weighted by molar-refractivity contribution is 5.79. The molecule has 0 heterocycles. The maximum atomic E-state index is 11.6. The summed E-state index contributed by atoms with van der Waals surface area (Å²) < 4.78 is 10.4. The van der Waals surface area contributed by atoms with Crippen LogP contribution in [-0.2, 0) is 9.59 Å². The van der Waals surface area contributed by atoms with Gasteiger partial charge in [-0.15, -0.1) is 0 Å². The Hall–Kier alpha value is -2.24. The largest absolute Gasteiger partial charge is 0.493 e. The summed E-state index contributed by atoms with van der Waals surface area (Å²) in [4.78, 5) is 22.5. The lowest BCUT2D eigenvalue weighted by Gasteiger charge is -2.19. The third kappa shape index (κ3) is 4.46. The van der Waals surface area contributed by atoms with E-state index in [9.17, 15) is 9.59 Å². The minimum absolute atomic E-state index is 0.0381. The Morgan fingerprint density at radius 1 is 1.25 bits per heavy atom. The van der Waals surface area contributed by atoms with Crippen LogP contribution in [0.1, 0.15) is 13.8 Å². The fraction of sp³-hybridized carbons (Fsp3) is 0.429. The van der Waals surface area contributed by atoms with Gasteiger partial charge in [-0.3, -0.25) is 9.59 Å². The summed E-state index contributed by atoms with van der Waals surface area (Å²) in [5.41, 5.74) is -1.01. The Kier molecular flexibility index (Phi) is 5.37. The van der Waals surface area contributed by atoms with Crippen molar-refractivity contribution in [2.24, 2.45) is 5.41 Å². The van der Waals surface area contributed by atoms with Crippen molar-refractivity contribution in [1.82, 2.24) is 5.32 Å². The maximum Gasteiger partial charge on any atom is 0.310 e. The van der Waals surface area contributed by atoms with Gasteiger partial charge < -0.3 is 19.9 Å². The molecule has 0 aromatic heterocycles. The van der Waals surface area contributed by atoms with Crippen molar-refractivity contribution >= 4 is 11.9 Å². The van der Waals surface area contributed by atoms with E-state index in [1.807, 2.05) is 0 Å². The van der Waals surface area contributed by atoms with Gasteiger partial charge in [0.05, 0.1) is 12.5 Å². The second kappa shape index (κ2) is 6.79. The van der Waals surface area contributed by atoms with E-state index in [4.69, 9.17) is 14.6 Å². The molecule has 110 valence electrons. The summed E-state index contributed by atoms with van der Waals surface area (Å²) in [5, 5.41) is 11.5. The van der Waals surface area contributed by atoms with Crippen LogP contribution in [0.5, 0.6) is 11.5 Å². The Morgan fingerprint density at radius 3 is 2.40 bits per heavy atom. The van der Waals surface area contributed by atoms with Crippen LogP contribution in [0.25, 0.3) is 0 Å². The molecule has 0 aliphatic rings. The molecule has 0 aliphatic heterocycles. The zero-order valence-corrected chi connectivity index (χ0v) is 11.8. The standard InChI is InChI=1S/C14H19NO5/c1-14(2,13(17)18)9-15-12(16)8-20-11-7-5-4-6-10(11)19-3/h4-7H,8-9H2,1-3H3,(H,15,16)(H,17,18). The molecule has 0 radical (unpaired) electrons. The van der Waals surface area contributed by atoms with Crippen molar-refractivity contribution in [2.45, 2.75) is 13.8 Å². The Bertz CT molecular complexity index is 484. The molecule has 0 atom stereocenters. The van der Waals surface area contributed by atoms with Crippen molar-refractivity contribution in [3.63, 3.8) is 0 Å². The van der Waals surface area contributed by atoms with E-state index < -0.39 is 11.4 Å². The number of aliphatic carboxylic acids is 1. The highest BCUT2D eigenvalue weighted by atomic mass is 16.5. The first-order valence-corrected chi connectivity index (χ1v) is 6.13. The van der Waals surface area contributed by atoms with Crippen molar-refractivity contribution in [1.29, 1.82) is 0 Å². The molecule has 1 aromatic rings. The minimum atomic E-state index is -1.01. The predicted octanol–water partition coefficient (Wildman–Crippen LogP) is 1.30. The van der Waals surface area contributed by atoms with E-state index in [0.717, 1.165) is 0 Å². The third-order valence-electron chi connectivity index (χ3n) is 2.73. The van der Waals surface area contributed by atoms with E-state index in [1.54, 1.807) is 24.3 Å². The number of ether oxygens (including phenoxy) is 2. The zero-order chi connectivity index (χ0) is 15.2. The number of nitrogens with one attached hydrogen (secondary N) is 1. The Balaban J connectivity index is 2.46. The lowest BCUT2D eigenvalue weighted by molar-refractivity contribution is -0.146. The summed E-state index contributed by atoms with van der Waals surface area (Å²) in [5.74, 6) is -0.359. The molecule has 1 amide bonds. The van der Waals surface area contributed by atoms with Gasteiger partial charge >= 0.3 is 5.97 Å². The second-order valence-electron chi connectivity index (χ2n) is 4.91. The maximum absolute atomic E-state index is 11.6. The molecule has 0 saturated heterocycles. The quantitative estimate of drug-likeness (QED) is 0.787. The van der Waals surface area contributed by atoms with Crippen LogP contribution < -0.4 is 14.8 Å². The van der Waals surface area contributed by atoms with Crippen molar-refractivity contribution in [2.75, 3.05) is 20.3 Å². The van der Waals surface area contributed by atoms with Gasteiger partial charge in [0, 0.05) is 6.54 Å². The van der Waals surface area contributed by atoms with E-state index in [2.05, 4.69) is 5.32 Å². The van der Waals surface area contributed by atoms with Gasteiger partial charge in [-0.25, -0.2) is 0 Å². The SMILES string of the molecule is COc1ccccc1OCC(=O)NCC(C)(C)C(=O)O. The van der Waals surface area contributed by atoms with Crippen LogP contribution in [0.4, 0.5) is 0 Å². The molecule has 0 spiro atoms. The number of benzene rings is 1. The number of para-hydroxylation sites is 2. The first kappa shape index (κ1) is 15.8. The van der Waals surface area contributed by atoms with Gasteiger partial charge in [0.1, 0.15) is 0 Å². The molecule has 1 rings (SSSR count). The number of rotatable bonds is 7. The fourth-order valence-electron chi connectivity index (χ4n) is 1.33. The van der Waals surface area contributed by atoms with Gasteiger partial charge in [-0.05, 0) is 26.0 Å². The number of methoxy groups -OCH3 is 1.